The van der Waals surface area contributed by atoms with Crippen LogP contribution in [0.4, 0.5) is 0 Å². The average molecular weight is 520 g/mol. The fourth-order valence-corrected chi connectivity index (χ4v) is 5.11. The van der Waals surface area contributed by atoms with Crippen LogP contribution in [0, 0.1) is 6.92 Å². The van der Waals surface area contributed by atoms with Crippen molar-refractivity contribution in [3.8, 4) is 5.75 Å². The maximum atomic E-state index is 13.6. The second-order valence-corrected chi connectivity index (χ2v) is 10.0. The number of amides is 1. The number of aryl methyl sites for hydroxylation is 1. The SMILES string of the molecule is COc1ccc(C)cc1S(=O)(=O)N(CC(=O)N/N=C/c1cccc(Cl)c1Cl)Cc1ccccc1. The van der Waals surface area contributed by atoms with Crippen molar-refractivity contribution in [3.05, 3.63) is 93.5 Å². The molecule has 3 aromatic carbocycles. The molecule has 0 saturated carbocycles. The molecule has 0 fully saturated rings. The largest absolute Gasteiger partial charge is 0.495 e. The van der Waals surface area contributed by atoms with Crippen LogP contribution >= 0.6 is 23.2 Å². The Labute approximate surface area is 209 Å². The highest BCUT2D eigenvalue weighted by Crippen LogP contribution is 2.29. The number of carbonyl (C=O) groups excluding carboxylic acids is 1. The maximum Gasteiger partial charge on any atom is 0.255 e. The molecule has 0 atom stereocenters. The summed E-state index contributed by atoms with van der Waals surface area (Å²) in [5.41, 5.74) is 4.32. The molecule has 0 aromatic heterocycles. The minimum absolute atomic E-state index is 0.0163. The summed E-state index contributed by atoms with van der Waals surface area (Å²) >= 11 is 12.1. The quantitative estimate of drug-likeness (QED) is 0.329. The minimum Gasteiger partial charge on any atom is -0.495 e. The third kappa shape index (κ3) is 6.36. The van der Waals surface area contributed by atoms with Crippen molar-refractivity contribution in [1.82, 2.24) is 9.73 Å². The molecule has 7 nitrogen and oxygen atoms in total. The predicted octanol–water partition coefficient (Wildman–Crippen LogP) is 4.65. The number of rotatable bonds is 9. The first-order chi connectivity index (χ1) is 16.2. The molecule has 3 rings (SSSR count). The number of sulfonamides is 1. The highest BCUT2D eigenvalue weighted by molar-refractivity contribution is 7.89. The summed E-state index contributed by atoms with van der Waals surface area (Å²) < 4.78 is 33.5. The van der Waals surface area contributed by atoms with Crippen molar-refractivity contribution in [2.75, 3.05) is 13.7 Å². The van der Waals surface area contributed by atoms with Gasteiger partial charge in [-0.15, -0.1) is 0 Å². The van der Waals surface area contributed by atoms with E-state index in [1.54, 1.807) is 61.5 Å². The molecule has 0 heterocycles. The molecular weight excluding hydrogens is 497 g/mol. The van der Waals surface area contributed by atoms with Gasteiger partial charge in [0.15, 0.2) is 0 Å². The van der Waals surface area contributed by atoms with Gasteiger partial charge in [0, 0.05) is 12.1 Å². The summed E-state index contributed by atoms with van der Waals surface area (Å²) in [5.74, 6) is -0.432. The summed E-state index contributed by atoms with van der Waals surface area (Å²) in [6.45, 7) is 1.30. The lowest BCUT2D eigenvalue weighted by Gasteiger charge is -2.23. The second-order valence-electron chi connectivity index (χ2n) is 7.35. The van der Waals surface area contributed by atoms with Gasteiger partial charge in [-0.1, -0.05) is 71.7 Å². The molecule has 0 saturated heterocycles. The first-order valence-corrected chi connectivity index (χ1v) is 12.4. The topological polar surface area (TPSA) is 88.1 Å². The highest BCUT2D eigenvalue weighted by atomic mass is 35.5. The molecule has 1 N–H and O–H groups in total. The molecule has 3 aromatic rings. The van der Waals surface area contributed by atoms with Gasteiger partial charge in [-0.05, 0) is 36.2 Å². The van der Waals surface area contributed by atoms with E-state index in [1.807, 2.05) is 6.07 Å². The first-order valence-electron chi connectivity index (χ1n) is 10.2. The van der Waals surface area contributed by atoms with Gasteiger partial charge in [0.25, 0.3) is 5.91 Å². The number of carbonyl (C=O) groups is 1. The zero-order valence-corrected chi connectivity index (χ0v) is 20.9. The summed E-state index contributed by atoms with van der Waals surface area (Å²) in [6.07, 6.45) is 1.34. The molecule has 178 valence electrons. The van der Waals surface area contributed by atoms with Crippen LogP contribution in [0.5, 0.6) is 5.75 Å². The smallest absolute Gasteiger partial charge is 0.255 e. The van der Waals surface area contributed by atoms with Crippen LogP contribution in [0.15, 0.2) is 76.7 Å². The number of methoxy groups -OCH3 is 1. The third-order valence-corrected chi connectivity index (χ3v) is 7.48. The van der Waals surface area contributed by atoms with Crippen LogP contribution < -0.4 is 10.2 Å². The van der Waals surface area contributed by atoms with E-state index in [9.17, 15) is 13.2 Å². The molecule has 0 radical (unpaired) electrons. The number of ether oxygens (including phenoxy) is 1. The molecule has 0 aliphatic heterocycles. The van der Waals surface area contributed by atoms with Crippen LogP contribution in [0.2, 0.25) is 10.0 Å². The van der Waals surface area contributed by atoms with Crippen molar-refractivity contribution >= 4 is 45.3 Å². The molecule has 0 aliphatic carbocycles. The van der Waals surface area contributed by atoms with Crippen molar-refractivity contribution in [1.29, 1.82) is 0 Å². The number of nitrogens with zero attached hydrogens (tertiary/aromatic N) is 2. The van der Waals surface area contributed by atoms with Gasteiger partial charge >= 0.3 is 0 Å². The Bertz CT molecular complexity index is 1300. The van der Waals surface area contributed by atoms with Crippen molar-refractivity contribution in [3.63, 3.8) is 0 Å². The fraction of sp³-hybridized carbons (Fsp3) is 0.167. The van der Waals surface area contributed by atoms with Crippen LogP contribution in [-0.4, -0.2) is 38.5 Å². The normalized spacial score (nSPS) is 11.7. The van der Waals surface area contributed by atoms with E-state index in [2.05, 4.69) is 10.5 Å². The Morgan fingerprint density at radius 1 is 1.09 bits per heavy atom. The lowest BCUT2D eigenvalue weighted by atomic mass is 10.2. The Balaban J connectivity index is 1.86. The molecular formula is C24H23Cl2N3O4S. The molecule has 0 aliphatic rings. The monoisotopic (exact) mass is 519 g/mol. The Morgan fingerprint density at radius 2 is 1.82 bits per heavy atom. The predicted molar refractivity (Wildman–Crippen MR) is 134 cm³/mol. The van der Waals surface area contributed by atoms with Crippen molar-refractivity contribution in [2.24, 2.45) is 5.10 Å². The maximum absolute atomic E-state index is 13.6. The molecule has 0 spiro atoms. The van der Waals surface area contributed by atoms with Gasteiger partial charge in [0.1, 0.15) is 10.6 Å². The Kier molecular flexibility index (Phi) is 8.68. The zero-order chi connectivity index (χ0) is 24.7. The van der Waals surface area contributed by atoms with E-state index in [-0.39, 0.29) is 17.2 Å². The Morgan fingerprint density at radius 3 is 2.53 bits per heavy atom. The minimum atomic E-state index is -4.09. The first kappa shape index (κ1) is 25.7. The molecule has 0 unspecified atom stereocenters. The molecule has 34 heavy (non-hydrogen) atoms. The molecule has 10 heteroatoms. The van der Waals surface area contributed by atoms with Crippen LogP contribution in [0.3, 0.4) is 0 Å². The Hall–Kier alpha value is -2.91. The van der Waals surface area contributed by atoms with Gasteiger partial charge in [-0.3, -0.25) is 4.79 Å². The lowest BCUT2D eigenvalue weighted by molar-refractivity contribution is -0.121. The third-order valence-electron chi connectivity index (χ3n) is 4.83. The van der Waals surface area contributed by atoms with E-state index >= 15 is 0 Å². The van der Waals surface area contributed by atoms with Gasteiger partial charge in [0.2, 0.25) is 10.0 Å². The van der Waals surface area contributed by atoms with Crippen molar-refractivity contribution < 1.29 is 17.9 Å². The van der Waals surface area contributed by atoms with Gasteiger partial charge < -0.3 is 4.74 Å². The number of hydrazone groups is 1. The second kappa shape index (κ2) is 11.5. The lowest BCUT2D eigenvalue weighted by Crippen LogP contribution is -2.39. The fourth-order valence-electron chi connectivity index (χ4n) is 3.13. The molecule has 0 bridgehead atoms. The van der Waals surface area contributed by atoms with Crippen LogP contribution in [0.1, 0.15) is 16.7 Å². The zero-order valence-electron chi connectivity index (χ0n) is 18.5. The van der Waals surface area contributed by atoms with Crippen LogP contribution in [-0.2, 0) is 21.4 Å². The van der Waals surface area contributed by atoms with Crippen molar-refractivity contribution in [2.45, 2.75) is 18.4 Å². The van der Waals surface area contributed by atoms with Crippen LogP contribution in [0.25, 0.3) is 0 Å². The number of nitrogens with one attached hydrogen (secondary N) is 1. The van der Waals surface area contributed by atoms with Gasteiger partial charge in [-0.2, -0.15) is 9.41 Å². The standard InChI is InChI=1S/C24H23Cl2N3O4S/c1-17-11-12-21(33-2)22(13-17)34(31,32)29(15-18-7-4-3-5-8-18)16-23(30)28-27-14-19-9-6-10-20(25)24(19)26/h3-14H,15-16H2,1-2H3,(H,28,30)/b27-14+. The van der Waals surface area contributed by atoms with E-state index < -0.39 is 22.5 Å². The number of hydrogen-bond donors (Lipinski definition) is 1. The summed E-state index contributed by atoms with van der Waals surface area (Å²) in [6, 6.07) is 18.9. The molecule has 1 amide bonds. The summed E-state index contributed by atoms with van der Waals surface area (Å²) in [7, 11) is -2.70. The summed E-state index contributed by atoms with van der Waals surface area (Å²) in [5, 5.41) is 4.54. The summed E-state index contributed by atoms with van der Waals surface area (Å²) in [4.78, 5) is 12.6. The van der Waals surface area contributed by atoms with E-state index in [4.69, 9.17) is 27.9 Å². The number of benzene rings is 3. The highest BCUT2D eigenvalue weighted by Gasteiger charge is 2.30. The number of hydrogen-bond acceptors (Lipinski definition) is 5. The van der Waals surface area contributed by atoms with Gasteiger partial charge in [0.05, 0.1) is 29.9 Å². The van der Waals surface area contributed by atoms with E-state index in [0.29, 0.717) is 15.6 Å². The van der Waals surface area contributed by atoms with E-state index in [0.717, 1.165) is 15.4 Å². The number of halogens is 2. The van der Waals surface area contributed by atoms with E-state index in [1.165, 1.54) is 19.4 Å². The van der Waals surface area contributed by atoms with Gasteiger partial charge in [-0.25, -0.2) is 13.8 Å². The average Bonchev–Trinajstić information content (AvgIpc) is 2.82.